The highest BCUT2D eigenvalue weighted by atomic mass is 127. The lowest BCUT2D eigenvalue weighted by molar-refractivity contribution is -0.385. The molecule has 0 radical (unpaired) electrons. The van der Waals surface area contributed by atoms with Crippen molar-refractivity contribution in [2.75, 3.05) is 13.7 Å². The molecule has 15 heteroatoms. The topological polar surface area (TPSA) is 162 Å². The van der Waals surface area contributed by atoms with E-state index in [2.05, 4.69) is 4.74 Å². The third kappa shape index (κ3) is 5.86. The zero-order valence-corrected chi connectivity index (χ0v) is 18.7. The highest BCUT2D eigenvalue weighted by Gasteiger charge is 2.40. The molecule has 0 amide bonds. The second-order valence-electron chi connectivity index (χ2n) is 5.84. The summed E-state index contributed by atoms with van der Waals surface area (Å²) < 4.78 is 72.7. The number of hydrogen-bond acceptors (Lipinski definition) is 10. The summed E-state index contributed by atoms with van der Waals surface area (Å²) in [5.41, 5.74) is -1.79. The summed E-state index contributed by atoms with van der Waals surface area (Å²) in [6, 6.07) is 6.70. The number of esters is 2. The van der Waals surface area contributed by atoms with E-state index in [1.165, 1.54) is 19.2 Å². The lowest BCUT2D eigenvalue weighted by atomic mass is 10.1. The molecule has 0 aromatic heterocycles. The molecule has 172 valence electrons. The van der Waals surface area contributed by atoms with E-state index in [1.807, 2.05) is 22.6 Å². The summed E-state index contributed by atoms with van der Waals surface area (Å²) in [5, 5.41) is 6.17. The van der Waals surface area contributed by atoms with Crippen LogP contribution in [0.4, 0.5) is 14.5 Å². The van der Waals surface area contributed by atoms with Gasteiger partial charge in [-0.25, -0.2) is 18.0 Å². The van der Waals surface area contributed by atoms with Crippen molar-refractivity contribution in [2.45, 2.75) is 5.25 Å². The predicted molar refractivity (Wildman–Crippen MR) is 109 cm³/mol. The molecule has 0 bridgehead atoms. The van der Waals surface area contributed by atoms with Crippen LogP contribution in [-0.4, -0.2) is 48.8 Å². The fourth-order valence-corrected chi connectivity index (χ4v) is 2.91. The molecule has 0 saturated heterocycles. The Kier molecular flexibility index (Phi) is 7.68. The van der Waals surface area contributed by atoms with Crippen LogP contribution in [-0.2, 0) is 14.9 Å². The van der Waals surface area contributed by atoms with Crippen LogP contribution in [0.3, 0.4) is 0 Å². The van der Waals surface area contributed by atoms with Crippen molar-refractivity contribution >= 4 is 50.3 Å². The van der Waals surface area contributed by atoms with Gasteiger partial charge in [0.1, 0.15) is 17.1 Å². The molecule has 32 heavy (non-hydrogen) atoms. The second kappa shape index (κ2) is 9.70. The van der Waals surface area contributed by atoms with Crippen LogP contribution in [0, 0.1) is 13.7 Å². The van der Waals surface area contributed by atoms with Gasteiger partial charge in [-0.15, -0.1) is 0 Å². The smallest absolute Gasteiger partial charge is 0.367 e. The molecule has 0 fully saturated rings. The van der Waals surface area contributed by atoms with Crippen molar-refractivity contribution in [3.63, 3.8) is 0 Å². The van der Waals surface area contributed by atoms with E-state index >= 15 is 0 Å². The van der Waals surface area contributed by atoms with Crippen LogP contribution in [0.2, 0.25) is 0 Å². The summed E-state index contributed by atoms with van der Waals surface area (Å²) in [7, 11) is -4.77. The molecule has 0 spiro atoms. The number of hydrogen-bond donors (Lipinski definition) is 0. The molecule has 11 nitrogen and oxygen atoms in total. The minimum absolute atomic E-state index is 0.0324. The van der Waals surface area contributed by atoms with Gasteiger partial charge in [0.15, 0.2) is 16.7 Å². The zero-order valence-electron chi connectivity index (χ0n) is 15.7. The van der Waals surface area contributed by atoms with Crippen LogP contribution in [0.25, 0.3) is 0 Å². The minimum Gasteiger partial charge on any atom is -0.743 e. The number of nitro benzene ring substituents is 1. The van der Waals surface area contributed by atoms with E-state index in [-0.39, 0.29) is 11.3 Å². The summed E-state index contributed by atoms with van der Waals surface area (Å²) in [6.45, 7) is -2.17. The van der Waals surface area contributed by atoms with Crippen LogP contribution < -0.4 is 9.47 Å². The van der Waals surface area contributed by atoms with Crippen molar-refractivity contribution in [3.8, 4) is 11.5 Å². The van der Waals surface area contributed by atoms with Gasteiger partial charge in [0, 0.05) is 12.1 Å². The molecule has 0 aliphatic heterocycles. The Bertz CT molecular complexity index is 1190. The monoisotopic (exact) mass is 586 g/mol. The predicted octanol–water partition coefficient (Wildman–Crippen LogP) is 2.72. The third-order valence-electron chi connectivity index (χ3n) is 3.72. The normalized spacial score (nSPS) is 11.5. The Balaban J connectivity index is 2.30. The van der Waals surface area contributed by atoms with E-state index in [0.717, 1.165) is 12.1 Å². The van der Waals surface area contributed by atoms with Crippen molar-refractivity contribution in [1.29, 1.82) is 0 Å². The fraction of sp³-hybridized carbons (Fsp3) is 0.176. The van der Waals surface area contributed by atoms with Crippen molar-refractivity contribution in [3.05, 3.63) is 61.2 Å². The average molecular weight is 586 g/mol. The van der Waals surface area contributed by atoms with E-state index in [4.69, 9.17) is 9.47 Å². The Labute approximate surface area is 192 Å². The summed E-state index contributed by atoms with van der Waals surface area (Å²) >= 11 is 1.96. The highest BCUT2D eigenvalue weighted by Crippen LogP contribution is 2.28. The second-order valence-corrected chi connectivity index (χ2v) is 8.51. The third-order valence-corrected chi connectivity index (χ3v) is 5.46. The van der Waals surface area contributed by atoms with Crippen molar-refractivity contribution < 1.29 is 50.5 Å². The van der Waals surface area contributed by atoms with E-state index in [0.29, 0.717) is 15.4 Å². The fourth-order valence-electron chi connectivity index (χ4n) is 2.15. The molecule has 2 aromatic carbocycles. The zero-order chi connectivity index (χ0) is 24.3. The Morgan fingerprint density at radius 3 is 2.38 bits per heavy atom. The number of carbonyl (C=O) groups is 2. The Morgan fingerprint density at radius 1 is 1.16 bits per heavy atom. The number of rotatable bonds is 8. The molecule has 0 heterocycles. The number of benzene rings is 2. The SMILES string of the molecule is COc1cc(C(=O)Oc2ccc([N+](=O)[O-])c(C(=O)OCC(F)(F)S(=O)(=O)[O-])c2)ccc1I. The molecule has 0 aliphatic rings. The van der Waals surface area contributed by atoms with Crippen molar-refractivity contribution in [1.82, 2.24) is 0 Å². The molecule has 2 aromatic rings. The minimum atomic E-state index is -6.14. The molecule has 0 unspecified atom stereocenters. The molecule has 2 rings (SSSR count). The summed E-state index contributed by atoms with van der Waals surface area (Å²) in [4.78, 5) is 34.5. The van der Waals surface area contributed by atoms with Gasteiger partial charge in [-0.3, -0.25) is 10.1 Å². The van der Waals surface area contributed by atoms with Gasteiger partial charge < -0.3 is 18.8 Å². The van der Waals surface area contributed by atoms with Crippen LogP contribution in [0.5, 0.6) is 11.5 Å². The molecular weight excluding hydrogens is 575 g/mol. The van der Waals surface area contributed by atoms with Gasteiger partial charge in [-0.1, -0.05) is 0 Å². The maximum absolute atomic E-state index is 13.2. The number of carbonyl (C=O) groups excluding carboxylic acids is 2. The largest absolute Gasteiger partial charge is 0.743 e. The first kappa shape index (κ1) is 25.3. The first-order chi connectivity index (χ1) is 14.8. The van der Waals surface area contributed by atoms with Gasteiger partial charge >= 0.3 is 17.2 Å². The van der Waals surface area contributed by atoms with Crippen LogP contribution >= 0.6 is 22.6 Å². The van der Waals surface area contributed by atoms with E-state index in [1.54, 1.807) is 6.07 Å². The summed E-state index contributed by atoms with van der Waals surface area (Å²) in [6.07, 6.45) is 0. The number of nitro groups is 1. The highest BCUT2D eigenvalue weighted by molar-refractivity contribution is 14.1. The lowest BCUT2D eigenvalue weighted by Crippen LogP contribution is -2.34. The molecule has 0 atom stereocenters. The first-order valence-electron chi connectivity index (χ1n) is 8.11. The van der Waals surface area contributed by atoms with E-state index < -0.39 is 50.1 Å². The van der Waals surface area contributed by atoms with Gasteiger partial charge in [-0.05, 0) is 46.9 Å². The standard InChI is InChI=1S/C17H12F2INO10S/c1-29-14-6-9(2-4-12(14)20)15(22)31-10-3-5-13(21(24)25)11(7-10)16(23)30-8-17(18,19)32(26,27)28/h2-7H,8H2,1H3,(H,26,27,28)/p-1. The molecular formula is C17H11F2INO10S-. The van der Waals surface area contributed by atoms with Gasteiger partial charge in [0.05, 0.1) is 21.2 Å². The maximum Gasteiger partial charge on any atom is 0.367 e. The molecule has 0 aliphatic carbocycles. The van der Waals surface area contributed by atoms with Crippen LogP contribution in [0.1, 0.15) is 20.7 Å². The van der Waals surface area contributed by atoms with Gasteiger partial charge in [-0.2, -0.15) is 8.78 Å². The first-order valence-corrected chi connectivity index (χ1v) is 10.6. The number of alkyl halides is 2. The number of halogens is 3. The number of nitrogens with zero attached hydrogens (tertiary/aromatic N) is 1. The summed E-state index contributed by atoms with van der Waals surface area (Å²) in [5.74, 6) is -2.69. The Hall–Kier alpha value is -2.92. The van der Waals surface area contributed by atoms with E-state index in [9.17, 15) is 41.5 Å². The van der Waals surface area contributed by atoms with Gasteiger partial charge in [0.25, 0.3) is 5.69 Å². The quantitative estimate of drug-likeness (QED) is 0.112. The van der Waals surface area contributed by atoms with Crippen molar-refractivity contribution in [2.24, 2.45) is 0 Å². The molecule has 0 N–H and O–H groups in total. The van der Waals surface area contributed by atoms with Crippen LogP contribution in [0.15, 0.2) is 36.4 Å². The maximum atomic E-state index is 13.2. The lowest BCUT2D eigenvalue weighted by Gasteiger charge is -2.19. The number of methoxy groups -OCH3 is 1. The molecule has 0 saturated carbocycles. The number of ether oxygens (including phenoxy) is 3. The van der Waals surface area contributed by atoms with Gasteiger partial charge in [0.2, 0.25) is 0 Å². The average Bonchev–Trinajstić information content (AvgIpc) is 2.71. The Morgan fingerprint density at radius 2 is 1.81 bits per heavy atom.